The molecule has 0 saturated carbocycles. The van der Waals surface area contributed by atoms with Crippen molar-refractivity contribution in [2.24, 2.45) is 0 Å². The van der Waals surface area contributed by atoms with Crippen molar-refractivity contribution in [2.75, 3.05) is 11.1 Å². The van der Waals surface area contributed by atoms with Crippen molar-refractivity contribution >= 4 is 23.2 Å². The van der Waals surface area contributed by atoms with Crippen LogP contribution in [0.4, 0.5) is 11.4 Å². The van der Waals surface area contributed by atoms with Crippen LogP contribution in [0.5, 0.6) is 0 Å². The maximum absolute atomic E-state index is 12.0. The monoisotopic (exact) mass is 326 g/mol. The van der Waals surface area contributed by atoms with Crippen LogP contribution < -0.4 is 16.4 Å². The third-order valence-electron chi connectivity index (χ3n) is 3.11. The average Bonchev–Trinajstić information content (AvgIpc) is 2.48. The van der Waals surface area contributed by atoms with Crippen LogP contribution >= 0.6 is 0 Å². The Hall–Kier alpha value is -2.89. The fourth-order valence-corrected chi connectivity index (χ4v) is 2.03. The Balaban J connectivity index is 1.94. The lowest BCUT2D eigenvalue weighted by molar-refractivity contribution is -0.115. The number of anilines is 2. The molecule has 1 aromatic carbocycles. The molecule has 0 bridgehead atoms. The lowest BCUT2D eigenvalue weighted by Gasteiger charge is -2.20. The molecule has 6 nitrogen and oxygen atoms in total. The molecule has 0 saturated heterocycles. The molecule has 1 heterocycles. The molecule has 0 fully saturated rings. The van der Waals surface area contributed by atoms with E-state index < -0.39 is 0 Å². The summed E-state index contributed by atoms with van der Waals surface area (Å²) in [4.78, 5) is 28.1. The van der Waals surface area contributed by atoms with E-state index >= 15 is 0 Å². The smallest absolute Gasteiger partial charge is 0.251 e. The zero-order chi connectivity index (χ0) is 17.7. The Morgan fingerprint density at radius 3 is 2.29 bits per heavy atom. The highest BCUT2D eigenvalue weighted by atomic mass is 16.2. The molecule has 2 amide bonds. The van der Waals surface area contributed by atoms with Gasteiger partial charge >= 0.3 is 0 Å². The SMILES string of the molecule is CC(C)(C)NC(=O)c1ccc(NC(=O)Cc2ccc(N)cn2)cc1. The minimum absolute atomic E-state index is 0.147. The average molecular weight is 326 g/mol. The fourth-order valence-electron chi connectivity index (χ4n) is 2.03. The Bertz CT molecular complexity index is 716. The van der Waals surface area contributed by atoms with Gasteiger partial charge in [-0.05, 0) is 57.2 Å². The van der Waals surface area contributed by atoms with Crippen molar-refractivity contribution in [3.63, 3.8) is 0 Å². The highest BCUT2D eigenvalue weighted by molar-refractivity contribution is 5.96. The Morgan fingerprint density at radius 1 is 1.08 bits per heavy atom. The van der Waals surface area contributed by atoms with Crippen molar-refractivity contribution < 1.29 is 9.59 Å². The Kier molecular flexibility index (Phi) is 5.18. The fraction of sp³-hybridized carbons (Fsp3) is 0.278. The summed E-state index contributed by atoms with van der Waals surface area (Å²) in [6, 6.07) is 10.2. The zero-order valence-electron chi connectivity index (χ0n) is 14.1. The van der Waals surface area contributed by atoms with E-state index in [1.165, 1.54) is 6.20 Å². The second-order valence-corrected chi connectivity index (χ2v) is 6.59. The highest BCUT2D eigenvalue weighted by Gasteiger charge is 2.15. The van der Waals surface area contributed by atoms with E-state index in [0.29, 0.717) is 22.6 Å². The maximum Gasteiger partial charge on any atom is 0.251 e. The molecule has 126 valence electrons. The van der Waals surface area contributed by atoms with Gasteiger partial charge in [0.2, 0.25) is 5.91 Å². The number of hydrogen-bond donors (Lipinski definition) is 3. The van der Waals surface area contributed by atoms with Crippen LogP contribution in [0.3, 0.4) is 0 Å². The number of amides is 2. The summed E-state index contributed by atoms with van der Waals surface area (Å²) in [5, 5.41) is 5.67. The summed E-state index contributed by atoms with van der Waals surface area (Å²) in [7, 11) is 0. The third kappa shape index (κ3) is 5.39. The second kappa shape index (κ2) is 7.12. The van der Waals surface area contributed by atoms with E-state index in [1.54, 1.807) is 36.4 Å². The van der Waals surface area contributed by atoms with Gasteiger partial charge in [-0.15, -0.1) is 0 Å². The summed E-state index contributed by atoms with van der Waals surface area (Å²) < 4.78 is 0. The largest absolute Gasteiger partial charge is 0.397 e. The lowest BCUT2D eigenvalue weighted by atomic mass is 10.1. The van der Waals surface area contributed by atoms with Crippen molar-refractivity contribution in [1.82, 2.24) is 10.3 Å². The molecule has 2 aromatic rings. The molecular weight excluding hydrogens is 304 g/mol. The van der Waals surface area contributed by atoms with Crippen molar-refractivity contribution in [2.45, 2.75) is 32.7 Å². The van der Waals surface area contributed by atoms with Crippen LogP contribution in [0.25, 0.3) is 0 Å². The molecule has 0 radical (unpaired) electrons. The van der Waals surface area contributed by atoms with E-state index in [1.807, 2.05) is 20.8 Å². The van der Waals surface area contributed by atoms with Gasteiger partial charge in [0.25, 0.3) is 5.91 Å². The van der Waals surface area contributed by atoms with Crippen LogP contribution in [0.1, 0.15) is 36.8 Å². The van der Waals surface area contributed by atoms with Crippen molar-refractivity contribution in [3.8, 4) is 0 Å². The molecule has 0 spiro atoms. The van der Waals surface area contributed by atoms with E-state index in [2.05, 4.69) is 15.6 Å². The van der Waals surface area contributed by atoms with Gasteiger partial charge < -0.3 is 16.4 Å². The summed E-state index contributed by atoms with van der Waals surface area (Å²) in [6.07, 6.45) is 1.68. The molecule has 4 N–H and O–H groups in total. The van der Waals surface area contributed by atoms with E-state index in [0.717, 1.165) is 0 Å². The van der Waals surface area contributed by atoms with Gasteiger partial charge in [-0.1, -0.05) is 0 Å². The Labute approximate surface area is 141 Å². The van der Waals surface area contributed by atoms with Gasteiger partial charge in [-0.25, -0.2) is 0 Å². The number of aromatic nitrogens is 1. The molecule has 6 heteroatoms. The second-order valence-electron chi connectivity index (χ2n) is 6.59. The molecule has 0 atom stereocenters. The van der Waals surface area contributed by atoms with Gasteiger partial charge in [0.1, 0.15) is 0 Å². The molecule has 24 heavy (non-hydrogen) atoms. The first-order chi connectivity index (χ1) is 11.2. The number of rotatable bonds is 4. The summed E-state index contributed by atoms with van der Waals surface area (Å²) in [6.45, 7) is 5.76. The van der Waals surface area contributed by atoms with Crippen LogP contribution in [0, 0.1) is 0 Å². The summed E-state index contributed by atoms with van der Waals surface area (Å²) in [5.74, 6) is -0.328. The number of nitrogens with zero attached hydrogens (tertiary/aromatic N) is 1. The normalized spacial score (nSPS) is 11.0. The number of carbonyl (C=O) groups excluding carboxylic acids is 2. The summed E-state index contributed by atoms with van der Waals surface area (Å²) >= 11 is 0. The number of benzene rings is 1. The molecule has 1 aromatic heterocycles. The molecule has 0 aliphatic rings. The lowest BCUT2D eigenvalue weighted by Crippen LogP contribution is -2.40. The number of pyridine rings is 1. The molecule has 0 aliphatic heterocycles. The Morgan fingerprint density at radius 2 is 1.75 bits per heavy atom. The predicted octanol–water partition coefficient (Wildman–Crippen LogP) is 2.37. The van der Waals surface area contributed by atoms with E-state index in [4.69, 9.17) is 5.73 Å². The minimum atomic E-state index is -0.296. The topological polar surface area (TPSA) is 97.1 Å². The van der Waals surface area contributed by atoms with E-state index in [9.17, 15) is 9.59 Å². The molecular formula is C18H22N4O2. The number of hydrogen-bond acceptors (Lipinski definition) is 4. The van der Waals surface area contributed by atoms with Gasteiger partial charge in [-0.3, -0.25) is 14.6 Å². The highest BCUT2D eigenvalue weighted by Crippen LogP contribution is 2.12. The summed E-state index contributed by atoms with van der Waals surface area (Å²) in [5.41, 5.74) is 7.64. The van der Waals surface area contributed by atoms with Crippen LogP contribution in [0.15, 0.2) is 42.6 Å². The van der Waals surface area contributed by atoms with Gasteiger partial charge in [-0.2, -0.15) is 0 Å². The van der Waals surface area contributed by atoms with Gasteiger partial charge in [0.05, 0.1) is 18.3 Å². The zero-order valence-corrected chi connectivity index (χ0v) is 14.1. The van der Waals surface area contributed by atoms with Crippen molar-refractivity contribution in [1.29, 1.82) is 0 Å². The number of nitrogens with one attached hydrogen (secondary N) is 2. The first-order valence-electron chi connectivity index (χ1n) is 7.66. The first-order valence-corrected chi connectivity index (χ1v) is 7.66. The van der Waals surface area contributed by atoms with Crippen LogP contribution in [-0.2, 0) is 11.2 Å². The van der Waals surface area contributed by atoms with Crippen LogP contribution in [0.2, 0.25) is 0 Å². The predicted molar refractivity (Wildman–Crippen MR) is 94.6 cm³/mol. The standard InChI is InChI=1S/C18H22N4O2/c1-18(2,3)22-17(24)12-4-7-14(8-5-12)21-16(23)10-15-9-6-13(19)11-20-15/h4-9,11H,10,19H2,1-3H3,(H,21,23)(H,22,24). The quantitative estimate of drug-likeness (QED) is 0.803. The number of carbonyl (C=O) groups is 2. The van der Waals surface area contributed by atoms with Gasteiger partial charge in [0.15, 0.2) is 0 Å². The van der Waals surface area contributed by atoms with Gasteiger partial charge in [0, 0.05) is 22.5 Å². The minimum Gasteiger partial charge on any atom is -0.397 e. The van der Waals surface area contributed by atoms with E-state index in [-0.39, 0.29) is 23.8 Å². The third-order valence-corrected chi connectivity index (χ3v) is 3.11. The van der Waals surface area contributed by atoms with Crippen LogP contribution in [-0.4, -0.2) is 22.3 Å². The first kappa shape index (κ1) is 17.5. The maximum atomic E-state index is 12.0. The van der Waals surface area contributed by atoms with Crippen molar-refractivity contribution in [3.05, 3.63) is 53.9 Å². The number of nitrogens with two attached hydrogens (primary N) is 1. The molecule has 0 aliphatic carbocycles. The number of nitrogen functional groups attached to an aromatic ring is 1. The molecule has 2 rings (SSSR count). The molecule has 0 unspecified atom stereocenters.